The van der Waals surface area contributed by atoms with Crippen LogP contribution >= 0.6 is 0 Å². The van der Waals surface area contributed by atoms with Crippen LogP contribution in [0.2, 0.25) is 0 Å². The highest BCUT2D eigenvalue weighted by molar-refractivity contribution is 4.81. The highest BCUT2D eigenvalue weighted by Crippen LogP contribution is 2.31. The van der Waals surface area contributed by atoms with E-state index in [0.717, 1.165) is 24.4 Å². The summed E-state index contributed by atoms with van der Waals surface area (Å²) in [5, 5.41) is 13.2. The minimum absolute atomic E-state index is 0.398. The van der Waals surface area contributed by atoms with Crippen molar-refractivity contribution in [2.24, 2.45) is 17.8 Å². The molecule has 0 radical (unpaired) electrons. The van der Waals surface area contributed by atoms with Gasteiger partial charge in [-0.2, -0.15) is 0 Å². The topological polar surface area (TPSA) is 32.3 Å². The van der Waals surface area contributed by atoms with Crippen LogP contribution in [0.25, 0.3) is 0 Å². The highest BCUT2D eigenvalue weighted by Gasteiger charge is 2.27. The fraction of sp³-hybridized carbons (Fsp3) is 1.00. The molecule has 0 amide bonds. The molecule has 4 atom stereocenters. The van der Waals surface area contributed by atoms with Crippen LogP contribution in [-0.4, -0.2) is 24.3 Å². The second-order valence-corrected chi connectivity index (χ2v) is 6.52. The van der Waals surface area contributed by atoms with E-state index < -0.39 is 0 Å². The molecule has 2 saturated carbocycles. The first-order valence-corrected chi connectivity index (χ1v) is 8.17. The lowest BCUT2D eigenvalue weighted by atomic mass is 9.96. The summed E-state index contributed by atoms with van der Waals surface area (Å²) in [5.41, 5.74) is 0. The van der Waals surface area contributed by atoms with Gasteiger partial charge in [0, 0.05) is 12.6 Å². The summed E-state index contributed by atoms with van der Waals surface area (Å²) < 4.78 is 0. The van der Waals surface area contributed by atoms with Gasteiger partial charge in [0.15, 0.2) is 0 Å². The minimum Gasteiger partial charge on any atom is -0.396 e. The second kappa shape index (κ2) is 7.49. The number of hydrogen-bond donors (Lipinski definition) is 2. The Balaban J connectivity index is 1.69. The van der Waals surface area contributed by atoms with Crippen LogP contribution in [0.5, 0.6) is 0 Å². The largest absolute Gasteiger partial charge is 0.396 e. The molecule has 0 aliphatic heterocycles. The molecule has 0 bridgehead atoms. The number of aliphatic hydroxyl groups excluding tert-OH is 1. The van der Waals surface area contributed by atoms with Gasteiger partial charge in [0.25, 0.3) is 0 Å². The average Bonchev–Trinajstić information content (AvgIpc) is 2.73. The van der Waals surface area contributed by atoms with Gasteiger partial charge in [0.1, 0.15) is 0 Å². The molecule has 2 fully saturated rings. The molecule has 0 aromatic rings. The maximum absolute atomic E-state index is 9.36. The molecule has 4 unspecified atom stereocenters. The summed E-state index contributed by atoms with van der Waals surface area (Å²) in [6.45, 7) is 3.88. The molecule has 2 rings (SSSR count). The standard InChI is InChI=1S/C16H31NO/c1-2-13-5-3-8-16(10-9-13)17-11-14-6-4-7-15(14)12-18/h13-18H,2-12H2,1H3. The van der Waals surface area contributed by atoms with Crippen LogP contribution in [-0.2, 0) is 0 Å². The molecule has 106 valence electrons. The molecule has 0 aromatic heterocycles. The van der Waals surface area contributed by atoms with Gasteiger partial charge in [0.2, 0.25) is 0 Å². The quantitative estimate of drug-likeness (QED) is 0.737. The van der Waals surface area contributed by atoms with E-state index in [4.69, 9.17) is 0 Å². The summed E-state index contributed by atoms with van der Waals surface area (Å²) in [4.78, 5) is 0. The third-order valence-corrected chi connectivity index (χ3v) is 5.39. The highest BCUT2D eigenvalue weighted by atomic mass is 16.3. The van der Waals surface area contributed by atoms with Gasteiger partial charge in [0.05, 0.1) is 0 Å². The first kappa shape index (κ1) is 14.3. The molecule has 2 nitrogen and oxygen atoms in total. The molecule has 0 spiro atoms. The SMILES string of the molecule is CCC1CCCC(NCC2CCCC2CO)CC1. The Hall–Kier alpha value is -0.0800. The van der Waals surface area contributed by atoms with E-state index in [2.05, 4.69) is 12.2 Å². The Kier molecular flexibility index (Phi) is 5.97. The average molecular weight is 253 g/mol. The van der Waals surface area contributed by atoms with E-state index in [1.807, 2.05) is 0 Å². The Morgan fingerprint density at radius 1 is 0.944 bits per heavy atom. The van der Waals surface area contributed by atoms with E-state index in [-0.39, 0.29) is 0 Å². The van der Waals surface area contributed by atoms with Gasteiger partial charge in [-0.05, 0) is 56.4 Å². The van der Waals surface area contributed by atoms with Crippen LogP contribution in [0.15, 0.2) is 0 Å². The second-order valence-electron chi connectivity index (χ2n) is 6.52. The Morgan fingerprint density at radius 3 is 2.50 bits per heavy atom. The van der Waals surface area contributed by atoms with Crippen molar-refractivity contribution < 1.29 is 5.11 Å². The van der Waals surface area contributed by atoms with Crippen LogP contribution in [0.3, 0.4) is 0 Å². The van der Waals surface area contributed by atoms with Gasteiger partial charge in [-0.3, -0.25) is 0 Å². The van der Waals surface area contributed by atoms with Crippen molar-refractivity contribution >= 4 is 0 Å². The van der Waals surface area contributed by atoms with Crippen molar-refractivity contribution in [1.82, 2.24) is 5.32 Å². The van der Waals surface area contributed by atoms with Gasteiger partial charge < -0.3 is 10.4 Å². The van der Waals surface area contributed by atoms with E-state index in [9.17, 15) is 5.11 Å². The van der Waals surface area contributed by atoms with Crippen LogP contribution < -0.4 is 5.32 Å². The lowest BCUT2D eigenvalue weighted by Crippen LogP contribution is -2.34. The first-order chi connectivity index (χ1) is 8.83. The maximum Gasteiger partial charge on any atom is 0.0462 e. The fourth-order valence-electron chi connectivity index (χ4n) is 3.93. The van der Waals surface area contributed by atoms with E-state index in [1.165, 1.54) is 57.8 Å². The Bertz CT molecular complexity index is 231. The number of hydrogen-bond acceptors (Lipinski definition) is 2. The normalized spacial score (nSPS) is 37.7. The van der Waals surface area contributed by atoms with Crippen LogP contribution in [0.4, 0.5) is 0 Å². The van der Waals surface area contributed by atoms with E-state index in [0.29, 0.717) is 12.5 Å². The fourth-order valence-corrected chi connectivity index (χ4v) is 3.93. The number of nitrogens with one attached hydrogen (secondary N) is 1. The van der Waals surface area contributed by atoms with Crippen molar-refractivity contribution in [3.05, 3.63) is 0 Å². The molecule has 2 aliphatic rings. The van der Waals surface area contributed by atoms with E-state index in [1.54, 1.807) is 0 Å². The van der Waals surface area contributed by atoms with Crippen molar-refractivity contribution in [1.29, 1.82) is 0 Å². The van der Waals surface area contributed by atoms with Crippen molar-refractivity contribution in [3.8, 4) is 0 Å². The summed E-state index contributed by atoms with van der Waals surface area (Å²) in [5.74, 6) is 2.29. The summed E-state index contributed by atoms with van der Waals surface area (Å²) in [7, 11) is 0. The van der Waals surface area contributed by atoms with Gasteiger partial charge in [-0.1, -0.05) is 32.6 Å². The van der Waals surface area contributed by atoms with Crippen molar-refractivity contribution in [2.45, 2.75) is 70.8 Å². The minimum atomic E-state index is 0.398. The first-order valence-electron chi connectivity index (χ1n) is 8.17. The summed E-state index contributed by atoms with van der Waals surface area (Å²) in [6.07, 6.45) is 12.3. The molecule has 0 aromatic carbocycles. The monoisotopic (exact) mass is 253 g/mol. The molecule has 0 saturated heterocycles. The molecule has 2 N–H and O–H groups in total. The van der Waals surface area contributed by atoms with Gasteiger partial charge >= 0.3 is 0 Å². The van der Waals surface area contributed by atoms with Crippen molar-refractivity contribution in [3.63, 3.8) is 0 Å². The smallest absolute Gasteiger partial charge is 0.0462 e. The van der Waals surface area contributed by atoms with Gasteiger partial charge in [-0.25, -0.2) is 0 Å². The van der Waals surface area contributed by atoms with Crippen molar-refractivity contribution in [2.75, 3.05) is 13.2 Å². The lowest BCUT2D eigenvalue weighted by Gasteiger charge is -2.22. The molecule has 0 heterocycles. The summed E-state index contributed by atoms with van der Waals surface area (Å²) >= 11 is 0. The lowest BCUT2D eigenvalue weighted by molar-refractivity contribution is 0.189. The number of rotatable bonds is 5. The third-order valence-electron chi connectivity index (χ3n) is 5.39. The predicted octanol–water partition coefficient (Wildman–Crippen LogP) is 3.34. The zero-order valence-corrected chi connectivity index (χ0v) is 12.0. The molecule has 2 heteroatoms. The van der Waals surface area contributed by atoms with Crippen LogP contribution in [0.1, 0.15) is 64.7 Å². The predicted molar refractivity (Wildman–Crippen MR) is 76.6 cm³/mol. The Labute approximate surface area is 113 Å². The molecule has 18 heavy (non-hydrogen) atoms. The maximum atomic E-state index is 9.36. The molecule has 2 aliphatic carbocycles. The summed E-state index contributed by atoms with van der Waals surface area (Å²) in [6, 6.07) is 0.751. The Morgan fingerprint density at radius 2 is 1.72 bits per heavy atom. The van der Waals surface area contributed by atoms with E-state index >= 15 is 0 Å². The zero-order chi connectivity index (χ0) is 12.8. The zero-order valence-electron chi connectivity index (χ0n) is 12.0. The molecular formula is C16H31NO. The van der Waals surface area contributed by atoms with Crippen LogP contribution in [0, 0.1) is 17.8 Å². The number of aliphatic hydroxyl groups is 1. The van der Waals surface area contributed by atoms with Gasteiger partial charge in [-0.15, -0.1) is 0 Å². The molecular weight excluding hydrogens is 222 g/mol. The third kappa shape index (κ3) is 3.96.